The van der Waals surface area contributed by atoms with Gasteiger partial charge in [-0.2, -0.15) is 5.10 Å². The van der Waals surface area contributed by atoms with Crippen LogP contribution in [-0.2, 0) is 11.3 Å². The molecule has 3 aliphatic rings. The molecule has 2 aliphatic carbocycles. The summed E-state index contributed by atoms with van der Waals surface area (Å²) in [5.41, 5.74) is 1.46. The van der Waals surface area contributed by atoms with E-state index in [4.69, 9.17) is 0 Å². The highest BCUT2D eigenvalue weighted by atomic mass is 16.4. The van der Waals surface area contributed by atoms with Crippen molar-refractivity contribution in [3.63, 3.8) is 0 Å². The van der Waals surface area contributed by atoms with E-state index in [0.29, 0.717) is 6.04 Å². The van der Waals surface area contributed by atoms with E-state index in [1.165, 1.54) is 37.8 Å². The van der Waals surface area contributed by atoms with Crippen LogP contribution < -0.4 is 0 Å². The van der Waals surface area contributed by atoms with Gasteiger partial charge in [0.25, 0.3) is 0 Å². The SMILES string of the molecule is O=C(O)C1CCN(Cc2ccnn2C2CCCC2)C2(CCC2)C1. The molecule has 0 bridgehead atoms. The first-order valence-electron chi connectivity index (χ1n) is 9.18. The third-order valence-corrected chi connectivity index (χ3v) is 6.45. The maximum atomic E-state index is 11.4. The van der Waals surface area contributed by atoms with E-state index < -0.39 is 5.97 Å². The Morgan fingerprint density at radius 3 is 2.70 bits per heavy atom. The van der Waals surface area contributed by atoms with E-state index in [1.54, 1.807) is 0 Å². The summed E-state index contributed by atoms with van der Waals surface area (Å²) < 4.78 is 2.25. The summed E-state index contributed by atoms with van der Waals surface area (Å²) in [4.78, 5) is 14.0. The van der Waals surface area contributed by atoms with Gasteiger partial charge in [0.05, 0.1) is 17.7 Å². The van der Waals surface area contributed by atoms with E-state index in [1.807, 2.05) is 6.20 Å². The van der Waals surface area contributed by atoms with Crippen LogP contribution in [0.3, 0.4) is 0 Å². The summed E-state index contributed by atoms with van der Waals surface area (Å²) in [6.45, 7) is 1.84. The van der Waals surface area contributed by atoms with Gasteiger partial charge in [-0.3, -0.25) is 14.4 Å². The molecule has 126 valence electrons. The quantitative estimate of drug-likeness (QED) is 0.926. The Morgan fingerprint density at radius 1 is 1.26 bits per heavy atom. The predicted molar refractivity (Wildman–Crippen MR) is 87.1 cm³/mol. The lowest BCUT2D eigenvalue weighted by molar-refractivity contribution is -0.148. The Kier molecular flexibility index (Phi) is 3.92. The molecule has 1 spiro atoms. The summed E-state index contributed by atoms with van der Waals surface area (Å²) in [6, 6.07) is 2.74. The van der Waals surface area contributed by atoms with Gasteiger partial charge in [-0.15, -0.1) is 0 Å². The Labute approximate surface area is 137 Å². The van der Waals surface area contributed by atoms with E-state index in [0.717, 1.165) is 38.8 Å². The van der Waals surface area contributed by atoms with Gasteiger partial charge in [0.2, 0.25) is 0 Å². The second-order valence-electron chi connectivity index (χ2n) is 7.73. The summed E-state index contributed by atoms with van der Waals surface area (Å²) in [7, 11) is 0. The number of aromatic nitrogens is 2. The second kappa shape index (κ2) is 5.93. The standard InChI is InChI=1S/C18H27N3O2/c22-17(23)14-7-11-20(18(12-14)8-3-9-18)13-16-6-10-19-21(16)15-4-1-2-5-15/h6,10,14-15H,1-5,7-9,11-13H2,(H,22,23). The molecule has 3 fully saturated rings. The molecule has 2 heterocycles. The van der Waals surface area contributed by atoms with Gasteiger partial charge >= 0.3 is 5.97 Å². The summed E-state index contributed by atoms with van der Waals surface area (Å²) in [5.74, 6) is -0.752. The van der Waals surface area contributed by atoms with Gasteiger partial charge in [0, 0.05) is 18.3 Å². The number of aliphatic carboxylic acids is 1. The summed E-state index contributed by atoms with van der Waals surface area (Å²) in [6.07, 6.45) is 12.3. The average Bonchev–Trinajstić information content (AvgIpc) is 3.16. The molecular formula is C18H27N3O2. The lowest BCUT2D eigenvalue weighted by atomic mass is 9.67. The fourth-order valence-corrected chi connectivity index (χ4v) is 4.94. The Hall–Kier alpha value is -1.36. The lowest BCUT2D eigenvalue weighted by Gasteiger charge is -2.54. The highest BCUT2D eigenvalue weighted by Gasteiger charge is 2.48. The monoisotopic (exact) mass is 317 g/mol. The number of likely N-dealkylation sites (tertiary alicyclic amines) is 1. The number of carboxylic acid groups (broad SMARTS) is 1. The minimum atomic E-state index is -0.605. The van der Waals surface area contributed by atoms with Gasteiger partial charge in [0.1, 0.15) is 0 Å². The minimum absolute atomic E-state index is 0.145. The van der Waals surface area contributed by atoms with Crippen LogP contribution in [0.2, 0.25) is 0 Å². The smallest absolute Gasteiger partial charge is 0.306 e. The van der Waals surface area contributed by atoms with Gasteiger partial charge in [-0.25, -0.2) is 0 Å². The van der Waals surface area contributed by atoms with E-state index in [9.17, 15) is 9.90 Å². The molecule has 1 aliphatic heterocycles. The fourth-order valence-electron chi connectivity index (χ4n) is 4.94. The number of rotatable bonds is 4. The molecule has 1 atom stereocenters. The molecule has 0 radical (unpaired) electrons. The van der Waals surface area contributed by atoms with Crippen molar-refractivity contribution in [3.8, 4) is 0 Å². The third-order valence-electron chi connectivity index (χ3n) is 6.45. The summed E-state index contributed by atoms with van der Waals surface area (Å²) in [5, 5.41) is 14.0. The van der Waals surface area contributed by atoms with Gasteiger partial charge in [-0.1, -0.05) is 12.8 Å². The van der Waals surface area contributed by atoms with Crippen LogP contribution in [0.25, 0.3) is 0 Å². The summed E-state index contributed by atoms with van der Waals surface area (Å²) >= 11 is 0. The molecule has 1 aromatic rings. The van der Waals surface area contributed by atoms with Gasteiger partial charge in [0.15, 0.2) is 0 Å². The van der Waals surface area contributed by atoms with Crippen molar-refractivity contribution in [2.45, 2.75) is 75.9 Å². The number of carboxylic acids is 1. The molecule has 5 heteroatoms. The van der Waals surface area contributed by atoms with Crippen molar-refractivity contribution in [1.82, 2.24) is 14.7 Å². The zero-order valence-corrected chi connectivity index (χ0v) is 13.8. The number of piperidine rings is 1. The molecule has 1 N–H and O–H groups in total. The maximum Gasteiger partial charge on any atom is 0.306 e. The largest absolute Gasteiger partial charge is 0.481 e. The third kappa shape index (κ3) is 2.69. The van der Waals surface area contributed by atoms with E-state index in [2.05, 4.69) is 20.7 Å². The molecule has 0 amide bonds. The highest BCUT2D eigenvalue weighted by Crippen LogP contribution is 2.47. The van der Waals surface area contributed by atoms with Crippen molar-refractivity contribution >= 4 is 5.97 Å². The maximum absolute atomic E-state index is 11.4. The van der Waals surface area contributed by atoms with Crippen LogP contribution in [0.15, 0.2) is 12.3 Å². The van der Waals surface area contributed by atoms with Crippen LogP contribution in [0.1, 0.15) is 69.5 Å². The normalized spacial score (nSPS) is 28.1. The number of hydrogen-bond acceptors (Lipinski definition) is 3. The minimum Gasteiger partial charge on any atom is -0.481 e. The van der Waals surface area contributed by atoms with Crippen LogP contribution in [0.5, 0.6) is 0 Å². The molecule has 1 unspecified atom stereocenters. The molecular weight excluding hydrogens is 290 g/mol. The first-order valence-corrected chi connectivity index (χ1v) is 9.18. The zero-order chi connectivity index (χ0) is 15.9. The lowest BCUT2D eigenvalue weighted by Crippen LogP contribution is -2.58. The predicted octanol–water partition coefficient (Wildman–Crippen LogP) is 3.22. The topological polar surface area (TPSA) is 58.4 Å². The van der Waals surface area contributed by atoms with Crippen molar-refractivity contribution < 1.29 is 9.90 Å². The van der Waals surface area contributed by atoms with Crippen molar-refractivity contribution in [2.75, 3.05) is 6.54 Å². The van der Waals surface area contributed by atoms with Crippen LogP contribution in [-0.4, -0.2) is 37.8 Å². The fraction of sp³-hybridized carbons (Fsp3) is 0.778. The van der Waals surface area contributed by atoms with Gasteiger partial charge in [-0.05, 0) is 57.6 Å². The van der Waals surface area contributed by atoms with E-state index in [-0.39, 0.29) is 11.5 Å². The zero-order valence-electron chi connectivity index (χ0n) is 13.8. The molecule has 2 saturated carbocycles. The first kappa shape index (κ1) is 15.2. The van der Waals surface area contributed by atoms with Gasteiger partial charge < -0.3 is 5.11 Å². The molecule has 23 heavy (non-hydrogen) atoms. The second-order valence-corrected chi connectivity index (χ2v) is 7.73. The Balaban J connectivity index is 1.50. The number of nitrogens with zero attached hydrogens (tertiary/aromatic N) is 3. The van der Waals surface area contributed by atoms with Crippen LogP contribution in [0, 0.1) is 5.92 Å². The Morgan fingerprint density at radius 2 is 2.04 bits per heavy atom. The number of hydrogen-bond donors (Lipinski definition) is 1. The molecule has 1 aromatic heterocycles. The van der Waals surface area contributed by atoms with Crippen molar-refractivity contribution in [1.29, 1.82) is 0 Å². The molecule has 5 nitrogen and oxygen atoms in total. The average molecular weight is 317 g/mol. The van der Waals surface area contributed by atoms with Crippen molar-refractivity contribution in [3.05, 3.63) is 18.0 Å². The van der Waals surface area contributed by atoms with Crippen LogP contribution in [0.4, 0.5) is 0 Å². The highest BCUT2D eigenvalue weighted by molar-refractivity contribution is 5.70. The van der Waals surface area contributed by atoms with Crippen molar-refractivity contribution in [2.24, 2.45) is 5.92 Å². The van der Waals surface area contributed by atoms with E-state index >= 15 is 0 Å². The molecule has 0 aromatic carbocycles. The number of carbonyl (C=O) groups is 1. The Bertz CT molecular complexity index is 573. The molecule has 1 saturated heterocycles. The molecule has 4 rings (SSSR count). The van der Waals surface area contributed by atoms with Crippen LogP contribution >= 0.6 is 0 Å². The first-order chi connectivity index (χ1) is 11.2.